The van der Waals surface area contributed by atoms with Crippen molar-refractivity contribution in [3.8, 4) is 11.1 Å². The summed E-state index contributed by atoms with van der Waals surface area (Å²) in [6.45, 7) is 15.8. The maximum atomic E-state index is 13.9. The first-order valence-corrected chi connectivity index (χ1v) is 18.4. The number of esters is 2. The van der Waals surface area contributed by atoms with Crippen molar-refractivity contribution < 1.29 is 28.5 Å². The minimum Gasteiger partial charge on any atom is -0.465 e. The van der Waals surface area contributed by atoms with E-state index < -0.39 is 11.6 Å². The molecular weight excluding hydrogens is 644 g/mol. The molecule has 2 aromatic heterocycles. The summed E-state index contributed by atoms with van der Waals surface area (Å²) in [5.74, 6) is -0.176. The average molecular weight is 699 g/mol. The molecule has 3 aromatic rings. The van der Waals surface area contributed by atoms with Gasteiger partial charge in [-0.25, -0.2) is 14.6 Å². The average Bonchev–Trinajstić information content (AvgIpc) is 3.39. The second kappa shape index (κ2) is 12.7. The smallest absolute Gasteiger partial charge is 0.358 e. The van der Waals surface area contributed by atoms with Crippen LogP contribution >= 0.6 is 0 Å². The lowest BCUT2D eigenvalue weighted by molar-refractivity contribution is -0.250. The number of hydrogen-bond acceptors (Lipinski definition) is 9. The van der Waals surface area contributed by atoms with Crippen LogP contribution in [-0.2, 0) is 38.5 Å². The molecule has 2 unspecified atom stereocenters. The molecule has 10 heteroatoms. The number of benzene rings is 1. The van der Waals surface area contributed by atoms with Gasteiger partial charge in [-0.3, -0.25) is 4.68 Å². The van der Waals surface area contributed by atoms with Gasteiger partial charge in [0.2, 0.25) is 0 Å². The summed E-state index contributed by atoms with van der Waals surface area (Å²) >= 11 is 0. The lowest BCUT2D eigenvalue weighted by atomic mass is 9.39. The van der Waals surface area contributed by atoms with Gasteiger partial charge in [-0.15, -0.1) is 0 Å². The van der Waals surface area contributed by atoms with Crippen molar-refractivity contribution in [3.05, 3.63) is 64.6 Å². The molecule has 0 radical (unpaired) electrons. The highest BCUT2D eigenvalue weighted by atomic mass is 16.6. The van der Waals surface area contributed by atoms with E-state index in [1.54, 1.807) is 13.2 Å². The standard InChI is InChI=1S/C41H54N4O6/c1-27-31(18-42-45(27)26-40-21-38(5)20-39(6,22-40)24-41(23-38,25-40)50-17-16-48-7)29-12-13-33(43-34(29)36(47)51-37(2,3)4)44-15-14-28-10-9-11-30(32(28)19-44)35(46)49-8/h9-13,18H,14-17,19-26H2,1-8H3. The van der Waals surface area contributed by atoms with E-state index in [2.05, 4.69) is 36.4 Å². The molecule has 4 fully saturated rings. The molecule has 3 heterocycles. The topological polar surface area (TPSA) is 105 Å². The van der Waals surface area contributed by atoms with Crippen LogP contribution in [0.5, 0.6) is 0 Å². The zero-order valence-corrected chi connectivity index (χ0v) is 31.7. The van der Waals surface area contributed by atoms with Crippen LogP contribution in [0.1, 0.15) is 111 Å². The number of pyridine rings is 1. The van der Waals surface area contributed by atoms with Gasteiger partial charge in [0.25, 0.3) is 0 Å². The van der Waals surface area contributed by atoms with Gasteiger partial charge in [-0.05, 0) is 118 Å². The quantitative estimate of drug-likeness (QED) is 0.159. The number of rotatable bonds is 10. The van der Waals surface area contributed by atoms with Crippen molar-refractivity contribution in [1.29, 1.82) is 0 Å². The molecule has 1 aromatic carbocycles. The van der Waals surface area contributed by atoms with Crippen LogP contribution in [0.4, 0.5) is 5.82 Å². The lowest BCUT2D eigenvalue weighted by Gasteiger charge is -2.69. The largest absolute Gasteiger partial charge is 0.465 e. The van der Waals surface area contributed by atoms with E-state index in [9.17, 15) is 9.59 Å². The summed E-state index contributed by atoms with van der Waals surface area (Å²) in [6, 6.07) is 9.70. The Morgan fingerprint density at radius 2 is 1.65 bits per heavy atom. The van der Waals surface area contributed by atoms with Crippen molar-refractivity contribution in [2.24, 2.45) is 16.2 Å². The van der Waals surface area contributed by atoms with E-state index in [1.165, 1.54) is 13.5 Å². The molecule has 0 spiro atoms. The van der Waals surface area contributed by atoms with Gasteiger partial charge in [-0.2, -0.15) is 5.10 Å². The Kier molecular flexibility index (Phi) is 8.89. The predicted molar refractivity (Wildman–Crippen MR) is 195 cm³/mol. The molecular formula is C41H54N4O6. The molecule has 0 N–H and O–H groups in total. The SMILES string of the molecule is COCCOC12CC3(C)CC(C)(CC(Cn4ncc(-c5ccc(N6CCc7cccc(C(=O)OC)c7C6)nc5C(=O)OC(C)(C)C)c4C)(C3)C1)C2. The van der Waals surface area contributed by atoms with Crippen molar-refractivity contribution in [1.82, 2.24) is 14.8 Å². The number of carbonyl (C=O) groups excluding carboxylic acids is 2. The Balaban J connectivity index is 1.21. The molecule has 8 rings (SSSR count). The third-order valence-electron chi connectivity index (χ3n) is 11.7. The first kappa shape index (κ1) is 35.6. The third kappa shape index (κ3) is 6.81. The van der Waals surface area contributed by atoms with Gasteiger partial charge in [0, 0.05) is 43.6 Å². The maximum Gasteiger partial charge on any atom is 0.358 e. The second-order valence-electron chi connectivity index (χ2n) is 17.7. The minimum absolute atomic E-state index is 0.0725. The van der Waals surface area contributed by atoms with Crippen LogP contribution in [0.3, 0.4) is 0 Å². The van der Waals surface area contributed by atoms with Crippen LogP contribution in [0.15, 0.2) is 36.5 Å². The maximum absolute atomic E-state index is 13.9. The number of aromatic nitrogens is 3. The zero-order valence-electron chi connectivity index (χ0n) is 31.7. The fraction of sp³-hybridized carbons (Fsp3) is 0.610. The Morgan fingerprint density at radius 1 is 0.902 bits per heavy atom. The molecule has 10 nitrogen and oxygen atoms in total. The van der Waals surface area contributed by atoms with E-state index in [0.29, 0.717) is 43.2 Å². The van der Waals surface area contributed by atoms with E-state index in [-0.39, 0.29) is 33.5 Å². The second-order valence-corrected chi connectivity index (χ2v) is 17.7. The molecule has 274 valence electrons. The monoisotopic (exact) mass is 698 g/mol. The van der Waals surface area contributed by atoms with Gasteiger partial charge in [0.15, 0.2) is 5.69 Å². The molecule has 1 aliphatic heterocycles. The number of carbonyl (C=O) groups is 2. The van der Waals surface area contributed by atoms with Crippen molar-refractivity contribution in [2.45, 2.75) is 111 Å². The summed E-state index contributed by atoms with van der Waals surface area (Å²) < 4.78 is 25.3. The van der Waals surface area contributed by atoms with Crippen LogP contribution in [0, 0.1) is 23.2 Å². The van der Waals surface area contributed by atoms with E-state index >= 15 is 0 Å². The minimum atomic E-state index is -0.698. The molecule has 5 aliphatic rings. The van der Waals surface area contributed by atoms with E-state index in [4.69, 9.17) is 29.0 Å². The zero-order chi connectivity index (χ0) is 36.4. The van der Waals surface area contributed by atoms with E-state index in [0.717, 1.165) is 67.5 Å². The Morgan fingerprint density at radius 3 is 2.33 bits per heavy atom. The van der Waals surface area contributed by atoms with Crippen LogP contribution in [0.2, 0.25) is 0 Å². The van der Waals surface area contributed by atoms with Crippen LogP contribution < -0.4 is 4.90 Å². The van der Waals surface area contributed by atoms with Crippen molar-refractivity contribution in [3.63, 3.8) is 0 Å². The highest BCUT2D eigenvalue weighted by Gasteiger charge is 2.66. The molecule has 4 saturated carbocycles. The lowest BCUT2D eigenvalue weighted by Crippen LogP contribution is -2.64. The third-order valence-corrected chi connectivity index (χ3v) is 11.7. The van der Waals surface area contributed by atoms with Gasteiger partial charge in [-0.1, -0.05) is 26.0 Å². The highest BCUT2D eigenvalue weighted by molar-refractivity contribution is 5.96. The number of ether oxygens (including phenoxy) is 4. The number of anilines is 1. The van der Waals surface area contributed by atoms with E-state index in [1.807, 2.05) is 45.2 Å². The number of hydrogen-bond donors (Lipinski definition) is 0. The fourth-order valence-electron chi connectivity index (χ4n) is 11.1. The molecule has 0 amide bonds. The van der Waals surface area contributed by atoms with Gasteiger partial charge >= 0.3 is 11.9 Å². The molecule has 0 saturated heterocycles. The normalized spacial score (nSPS) is 28.1. The Bertz CT molecular complexity index is 1820. The summed E-state index contributed by atoms with van der Waals surface area (Å²) in [6.07, 6.45) is 9.43. The Hall–Kier alpha value is -3.76. The van der Waals surface area contributed by atoms with Gasteiger partial charge in [0.05, 0.1) is 37.7 Å². The van der Waals surface area contributed by atoms with Crippen molar-refractivity contribution in [2.75, 3.05) is 38.9 Å². The summed E-state index contributed by atoms with van der Waals surface area (Å²) in [5, 5.41) is 4.98. The van der Waals surface area contributed by atoms with Crippen molar-refractivity contribution >= 4 is 17.8 Å². The summed E-state index contributed by atoms with van der Waals surface area (Å²) in [4.78, 5) is 33.6. The first-order chi connectivity index (χ1) is 24.1. The van der Waals surface area contributed by atoms with Crippen LogP contribution in [-0.4, -0.2) is 71.9 Å². The van der Waals surface area contributed by atoms with Crippen LogP contribution in [0.25, 0.3) is 11.1 Å². The number of fused-ring (bicyclic) bond motifs is 1. The first-order valence-electron chi connectivity index (χ1n) is 18.4. The number of nitrogens with zero attached hydrogens (tertiary/aromatic N) is 4. The summed E-state index contributed by atoms with van der Waals surface area (Å²) in [5.41, 5.74) is 5.16. The summed E-state index contributed by atoms with van der Waals surface area (Å²) in [7, 11) is 3.14. The molecule has 51 heavy (non-hydrogen) atoms. The van der Waals surface area contributed by atoms with Gasteiger partial charge < -0.3 is 23.8 Å². The molecule has 2 atom stereocenters. The molecule has 4 aliphatic carbocycles. The Labute approximate surface area is 302 Å². The highest BCUT2D eigenvalue weighted by Crippen LogP contribution is 2.72. The van der Waals surface area contributed by atoms with Gasteiger partial charge in [0.1, 0.15) is 11.4 Å². The predicted octanol–water partition coefficient (Wildman–Crippen LogP) is 7.34. The fourth-order valence-corrected chi connectivity index (χ4v) is 11.1. The number of methoxy groups -OCH3 is 2. The molecule has 4 bridgehead atoms.